The highest BCUT2D eigenvalue weighted by Gasteiger charge is 2.23. The van der Waals surface area contributed by atoms with Gasteiger partial charge in [-0.25, -0.2) is 9.97 Å². The maximum Gasteiger partial charge on any atom is 0.242 e. The van der Waals surface area contributed by atoms with Gasteiger partial charge in [0.25, 0.3) is 0 Å². The molecule has 0 saturated carbocycles. The molecule has 3 aromatic rings. The van der Waals surface area contributed by atoms with Gasteiger partial charge in [-0.05, 0) is 31.4 Å². The number of anilines is 1. The molecule has 0 bridgehead atoms. The van der Waals surface area contributed by atoms with Gasteiger partial charge in [-0.3, -0.25) is 4.79 Å². The number of aryl methyl sites for hydroxylation is 1. The number of carbonyl (C=O) groups excluding carboxylic acids is 1. The highest BCUT2D eigenvalue weighted by atomic mass is 32.1. The Hall–Kier alpha value is -2.47. The van der Waals surface area contributed by atoms with Gasteiger partial charge in [0.05, 0.1) is 5.39 Å². The topological polar surface area (TPSA) is 66.9 Å². The number of thiophene rings is 1. The summed E-state index contributed by atoms with van der Waals surface area (Å²) in [6, 6.07) is 12.1. The van der Waals surface area contributed by atoms with E-state index in [2.05, 4.69) is 38.8 Å². The lowest BCUT2D eigenvalue weighted by Gasteiger charge is -2.23. The fraction of sp³-hybridized carbons (Fsp3) is 0.278. The fourth-order valence-electron chi connectivity index (χ4n) is 2.96. The summed E-state index contributed by atoms with van der Waals surface area (Å²) in [5.74, 6) is 1.50. The second-order valence-corrected chi connectivity index (χ2v) is 6.98. The van der Waals surface area contributed by atoms with Gasteiger partial charge >= 0.3 is 0 Å². The molecular weight excluding hydrogens is 320 g/mol. The summed E-state index contributed by atoms with van der Waals surface area (Å²) < 4.78 is 0. The largest absolute Gasteiger partial charge is 0.358 e. The fourth-order valence-corrected chi connectivity index (χ4v) is 4.04. The summed E-state index contributed by atoms with van der Waals surface area (Å²) in [4.78, 5) is 23.2. The molecular formula is C18H18N4OS. The van der Waals surface area contributed by atoms with Crippen molar-refractivity contribution in [2.45, 2.75) is 25.8 Å². The minimum atomic E-state index is -0.226. The zero-order chi connectivity index (χ0) is 16.5. The third kappa shape index (κ3) is 2.85. The lowest BCUT2D eigenvalue weighted by atomic mass is 10.1. The number of hydrogen-bond donors (Lipinski definition) is 2. The Morgan fingerprint density at radius 3 is 2.88 bits per heavy atom. The van der Waals surface area contributed by atoms with Crippen molar-refractivity contribution >= 4 is 33.3 Å². The Morgan fingerprint density at radius 1 is 1.25 bits per heavy atom. The van der Waals surface area contributed by atoms with Crippen LogP contribution in [0.1, 0.15) is 18.7 Å². The molecule has 1 saturated heterocycles. The molecule has 2 N–H and O–H groups in total. The first-order chi connectivity index (χ1) is 11.7. The first-order valence-corrected chi connectivity index (χ1v) is 8.90. The number of piperidine rings is 1. The molecule has 3 heterocycles. The third-order valence-electron chi connectivity index (χ3n) is 4.16. The van der Waals surface area contributed by atoms with E-state index in [0.717, 1.165) is 40.3 Å². The number of hydrogen-bond acceptors (Lipinski definition) is 5. The molecule has 1 atom stereocenters. The molecule has 1 aliphatic heterocycles. The van der Waals surface area contributed by atoms with E-state index in [0.29, 0.717) is 5.82 Å². The first kappa shape index (κ1) is 15.1. The van der Waals surface area contributed by atoms with Gasteiger partial charge in [-0.15, -0.1) is 11.3 Å². The molecule has 0 spiro atoms. The second-order valence-electron chi connectivity index (χ2n) is 5.95. The normalized spacial score (nSPS) is 17.7. The first-order valence-electron chi connectivity index (χ1n) is 8.08. The van der Waals surface area contributed by atoms with Crippen LogP contribution in [0.15, 0.2) is 36.4 Å². The van der Waals surface area contributed by atoms with Crippen molar-refractivity contribution in [3.8, 4) is 10.4 Å². The maximum absolute atomic E-state index is 12.0. The molecule has 1 amide bonds. The molecule has 0 unspecified atom stereocenters. The van der Waals surface area contributed by atoms with Crippen LogP contribution in [0.25, 0.3) is 20.7 Å². The van der Waals surface area contributed by atoms with E-state index in [9.17, 15) is 4.79 Å². The number of carbonyl (C=O) groups is 1. The lowest BCUT2D eigenvalue weighted by molar-refractivity contribution is -0.123. The van der Waals surface area contributed by atoms with Crippen molar-refractivity contribution in [3.63, 3.8) is 0 Å². The van der Waals surface area contributed by atoms with Crippen LogP contribution < -0.4 is 10.6 Å². The molecule has 1 aromatic carbocycles. The number of rotatable bonds is 3. The van der Waals surface area contributed by atoms with Crippen molar-refractivity contribution in [2.75, 3.05) is 11.9 Å². The van der Waals surface area contributed by atoms with E-state index in [1.807, 2.05) is 25.1 Å². The highest BCUT2D eigenvalue weighted by Crippen LogP contribution is 2.35. The summed E-state index contributed by atoms with van der Waals surface area (Å²) in [5, 5.41) is 7.20. The van der Waals surface area contributed by atoms with Gasteiger partial charge < -0.3 is 10.6 Å². The van der Waals surface area contributed by atoms with Crippen LogP contribution in [0, 0.1) is 6.92 Å². The minimum Gasteiger partial charge on any atom is -0.358 e. The predicted octanol–water partition coefficient (Wildman–Crippen LogP) is 3.36. The number of fused-ring (bicyclic) bond motifs is 1. The van der Waals surface area contributed by atoms with E-state index >= 15 is 0 Å². The molecule has 5 nitrogen and oxygen atoms in total. The zero-order valence-electron chi connectivity index (χ0n) is 13.4. The van der Waals surface area contributed by atoms with Crippen molar-refractivity contribution in [3.05, 3.63) is 42.2 Å². The van der Waals surface area contributed by atoms with Gasteiger partial charge in [0.15, 0.2) is 0 Å². The van der Waals surface area contributed by atoms with Crippen LogP contribution in [0.4, 0.5) is 5.82 Å². The van der Waals surface area contributed by atoms with Crippen LogP contribution in [0.2, 0.25) is 0 Å². The molecule has 24 heavy (non-hydrogen) atoms. The third-order valence-corrected chi connectivity index (χ3v) is 5.24. The van der Waals surface area contributed by atoms with Crippen LogP contribution in [0.3, 0.4) is 0 Å². The number of amides is 1. The van der Waals surface area contributed by atoms with Gasteiger partial charge in [0, 0.05) is 11.4 Å². The van der Waals surface area contributed by atoms with Gasteiger partial charge in [-0.2, -0.15) is 0 Å². The quantitative estimate of drug-likeness (QED) is 0.768. The summed E-state index contributed by atoms with van der Waals surface area (Å²) >= 11 is 1.65. The van der Waals surface area contributed by atoms with Crippen molar-refractivity contribution in [1.82, 2.24) is 15.3 Å². The van der Waals surface area contributed by atoms with Crippen molar-refractivity contribution in [1.29, 1.82) is 0 Å². The number of nitrogens with zero attached hydrogens (tertiary/aromatic N) is 2. The van der Waals surface area contributed by atoms with Crippen molar-refractivity contribution < 1.29 is 4.79 Å². The standard InChI is InChI=1S/C18H18N4OS/c1-11-20-16(22-14-8-5-9-19-17(14)23)13-10-15(24-18(13)21-11)12-6-3-2-4-7-12/h2-4,6-7,10,14H,5,8-9H2,1H3,(H,19,23)(H,20,21,22)/t14-/m0/s1. The van der Waals surface area contributed by atoms with E-state index < -0.39 is 0 Å². The molecule has 0 aliphatic carbocycles. The molecule has 1 fully saturated rings. The van der Waals surface area contributed by atoms with Gasteiger partial charge in [0.1, 0.15) is 22.5 Å². The molecule has 1 aliphatic rings. The molecule has 4 rings (SSSR count). The Balaban J connectivity index is 1.74. The van der Waals surface area contributed by atoms with Gasteiger partial charge in [0.2, 0.25) is 5.91 Å². The average molecular weight is 338 g/mol. The minimum absolute atomic E-state index is 0.0455. The molecule has 2 aromatic heterocycles. The van der Waals surface area contributed by atoms with E-state index in [-0.39, 0.29) is 11.9 Å². The maximum atomic E-state index is 12.0. The summed E-state index contributed by atoms with van der Waals surface area (Å²) in [6.45, 7) is 2.64. The smallest absolute Gasteiger partial charge is 0.242 e. The Bertz CT molecular complexity index is 891. The van der Waals surface area contributed by atoms with E-state index in [4.69, 9.17) is 0 Å². The summed E-state index contributed by atoms with van der Waals surface area (Å²) in [5.41, 5.74) is 1.17. The van der Waals surface area contributed by atoms with E-state index in [1.165, 1.54) is 5.56 Å². The van der Waals surface area contributed by atoms with Crippen LogP contribution in [-0.4, -0.2) is 28.5 Å². The monoisotopic (exact) mass is 338 g/mol. The molecule has 6 heteroatoms. The zero-order valence-corrected chi connectivity index (χ0v) is 14.2. The predicted molar refractivity (Wildman–Crippen MR) is 97.2 cm³/mol. The number of benzene rings is 1. The van der Waals surface area contributed by atoms with Crippen LogP contribution in [0.5, 0.6) is 0 Å². The van der Waals surface area contributed by atoms with E-state index in [1.54, 1.807) is 11.3 Å². The van der Waals surface area contributed by atoms with Crippen LogP contribution in [-0.2, 0) is 4.79 Å². The number of nitrogens with one attached hydrogen (secondary N) is 2. The SMILES string of the molecule is Cc1nc(N[C@H]2CCCNC2=O)c2cc(-c3ccccc3)sc2n1. The number of aromatic nitrogens is 2. The summed E-state index contributed by atoms with van der Waals surface area (Å²) in [6.07, 6.45) is 1.81. The summed E-state index contributed by atoms with van der Waals surface area (Å²) in [7, 11) is 0. The second kappa shape index (κ2) is 6.20. The van der Waals surface area contributed by atoms with Gasteiger partial charge in [-0.1, -0.05) is 30.3 Å². The average Bonchev–Trinajstić information content (AvgIpc) is 3.02. The lowest BCUT2D eigenvalue weighted by Crippen LogP contribution is -2.44. The molecule has 0 radical (unpaired) electrons. The Labute approximate surface area is 144 Å². The van der Waals surface area contributed by atoms with Crippen LogP contribution >= 0.6 is 11.3 Å². The Kier molecular flexibility index (Phi) is 3.90. The highest BCUT2D eigenvalue weighted by molar-refractivity contribution is 7.21. The Morgan fingerprint density at radius 2 is 2.08 bits per heavy atom. The van der Waals surface area contributed by atoms with Crippen molar-refractivity contribution in [2.24, 2.45) is 0 Å². The molecule has 122 valence electrons.